The third kappa shape index (κ3) is 4.60. The van der Waals surface area contributed by atoms with Gasteiger partial charge in [-0.25, -0.2) is 0 Å². The molecule has 0 aliphatic carbocycles. The average molecular weight is 268 g/mol. The Bertz CT molecular complexity index is 421. The zero-order chi connectivity index (χ0) is 13.7. The van der Waals surface area contributed by atoms with Crippen LogP contribution in [0.5, 0.6) is 0 Å². The first kappa shape index (κ1) is 14.0. The number of rotatable bonds is 6. The first-order valence-electron chi connectivity index (χ1n) is 6.57. The number of aromatic nitrogens is 2. The Morgan fingerprint density at radius 3 is 3.16 bits per heavy atom. The third-order valence-corrected chi connectivity index (χ3v) is 3.25. The molecule has 7 nitrogen and oxygen atoms in total. The van der Waals surface area contributed by atoms with E-state index in [1.807, 2.05) is 0 Å². The molecule has 1 aromatic rings. The van der Waals surface area contributed by atoms with Crippen molar-refractivity contribution in [2.75, 3.05) is 26.2 Å². The van der Waals surface area contributed by atoms with Crippen LogP contribution in [0.15, 0.2) is 4.52 Å². The van der Waals surface area contributed by atoms with Crippen LogP contribution < -0.4 is 5.32 Å². The van der Waals surface area contributed by atoms with Crippen molar-refractivity contribution in [2.24, 2.45) is 5.92 Å². The van der Waals surface area contributed by atoms with Gasteiger partial charge in [-0.2, -0.15) is 4.98 Å². The summed E-state index contributed by atoms with van der Waals surface area (Å²) in [5.41, 5.74) is 0. The molecule has 0 amide bonds. The van der Waals surface area contributed by atoms with Gasteiger partial charge < -0.3 is 14.9 Å². The van der Waals surface area contributed by atoms with E-state index in [-0.39, 0.29) is 6.54 Å². The maximum absolute atomic E-state index is 10.4. The van der Waals surface area contributed by atoms with E-state index in [0.29, 0.717) is 18.4 Å². The molecule has 106 valence electrons. The minimum Gasteiger partial charge on any atom is -0.480 e. The van der Waals surface area contributed by atoms with Gasteiger partial charge in [0.1, 0.15) is 0 Å². The van der Waals surface area contributed by atoms with E-state index in [4.69, 9.17) is 9.63 Å². The van der Waals surface area contributed by atoms with Gasteiger partial charge in [-0.05, 0) is 31.8 Å². The predicted octanol–water partition coefficient (Wildman–Crippen LogP) is 0.264. The van der Waals surface area contributed by atoms with Crippen LogP contribution in [0.1, 0.15) is 24.6 Å². The molecule has 0 saturated carbocycles. The summed E-state index contributed by atoms with van der Waals surface area (Å²) in [7, 11) is 0. The Balaban J connectivity index is 1.75. The number of hydrogen-bond donors (Lipinski definition) is 2. The lowest BCUT2D eigenvalue weighted by Crippen LogP contribution is -2.40. The summed E-state index contributed by atoms with van der Waals surface area (Å²) in [5.74, 6) is 0.986. The standard InChI is InChI=1S/C12H20N4O3/c1-9-14-11(15-19-9)8-16-4-2-3-10(7-16)5-13-6-12(17)18/h10,13H,2-8H2,1H3,(H,17,18). The van der Waals surface area contributed by atoms with Crippen LogP contribution in [0.4, 0.5) is 0 Å². The zero-order valence-electron chi connectivity index (χ0n) is 11.1. The molecule has 1 unspecified atom stereocenters. The molecule has 1 aliphatic rings. The molecule has 0 bridgehead atoms. The number of nitrogens with one attached hydrogen (secondary N) is 1. The van der Waals surface area contributed by atoms with Crippen molar-refractivity contribution in [3.8, 4) is 0 Å². The minimum atomic E-state index is -0.810. The Morgan fingerprint density at radius 2 is 2.47 bits per heavy atom. The van der Waals surface area contributed by atoms with Crippen LogP contribution in [0.25, 0.3) is 0 Å². The van der Waals surface area contributed by atoms with Crippen molar-refractivity contribution in [3.63, 3.8) is 0 Å². The zero-order valence-corrected chi connectivity index (χ0v) is 11.1. The second kappa shape index (κ2) is 6.63. The van der Waals surface area contributed by atoms with Gasteiger partial charge >= 0.3 is 5.97 Å². The van der Waals surface area contributed by atoms with Gasteiger partial charge in [-0.3, -0.25) is 9.69 Å². The van der Waals surface area contributed by atoms with E-state index in [2.05, 4.69) is 20.4 Å². The topological polar surface area (TPSA) is 91.5 Å². The molecule has 2 N–H and O–H groups in total. The number of carboxylic acids is 1. The normalized spacial score (nSPS) is 20.6. The van der Waals surface area contributed by atoms with E-state index < -0.39 is 5.97 Å². The lowest BCUT2D eigenvalue weighted by Gasteiger charge is -2.31. The lowest BCUT2D eigenvalue weighted by atomic mass is 9.98. The van der Waals surface area contributed by atoms with E-state index in [1.165, 1.54) is 0 Å². The van der Waals surface area contributed by atoms with Crippen molar-refractivity contribution in [3.05, 3.63) is 11.7 Å². The van der Waals surface area contributed by atoms with Crippen molar-refractivity contribution in [2.45, 2.75) is 26.3 Å². The largest absolute Gasteiger partial charge is 0.480 e. The van der Waals surface area contributed by atoms with E-state index in [0.717, 1.165) is 38.3 Å². The van der Waals surface area contributed by atoms with Gasteiger partial charge in [0.2, 0.25) is 5.89 Å². The molecule has 2 rings (SSSR count). The molecule has 1 aromatic heterocycles. The second-order valence-electron chi connectivity index (χ2n) is 5.00. The van der Waals surface area contributed by atoms with Crippen molar-refractivity contribution >= 4 is 5.97 Å². The second-order valence-corrected chi connectivity index (χ2v) is 5.00. The molecule has 1 fully saturated rings. The quantitative estimate of drug-likeness (QED) is 0.764. The summed E-state index contributed by atoms with van der Waals surface area (Å²) in [6.07, 6.45) is 2.25. The molecule has 19 heavy (non-hydrogen) atoms. The highest BCUT2D eigenvalue weighted by Crippen LogP contribution is 2.17. The fourth-order valence-corrected chi connectivity index (χ4v) is 2.45. The van der Waals surface area contributed by atoms with Gasteiger partial charge in [-0.15, -0.1) is 0 Å². The molecular weight excluding hydrogens is 248 g/mol. The number of hydrogen-bond acceptors (Lipinski definition) is 6. The first-order valence-corrected chi connectivity index (χ1v) is 6.57. The Hall–Kier alpha value is -1.47. The number of piperidine rings is 1. The fourth-order valence-electron chi connectivity index (χ4n) is 2.45. The maximum Gasteiger partial charge on any atom is 0.317 e. The predicted molar refractivity (Wildman–Crippen MR) is 67.5 cm³/mol. The van der Waals surface area contributed by atoms with Crippen LogP contribution in [-0.4, -0.2) is 52.3 Å². The van der Waals surface area contributed by atoms with E-state index in [9.17, 15) is 4.79 Å². The highest BCUT2D eigenvalue weighted by atomic mass is 16.5. The van der Waals surface area contributed by atoms with Crippen LogP contribution in [0, 0.1) is 12.8 Å². The number of aliphatic carboxylic acids is 1. The van der Waals surface area contributed by atoms with Gasteiger partial charge in [0, 0.05) is 13.5 Å². The molecule has 1 atom stereocenters. The van der Waals surface area contributed by atoms with Crippen LogP contribution in [0.3, 0.4) is 0 Å². The summed E-state index contributed by atoms with van der Waals surface area (Å²) in [4.78, 5) is 16.9. The molecule has 1 aliphatic heterocycles. The Labute approximate surface area is 112 Å². The van der Waals surface area contributed by atoms with Crippen molar-refractivity contribution < 1.29 is 14.4 Å². The first-order chi connectivity index (χ1) is 9.13. The number of aryl methyl sites for hydroxylation is 1. The summed E-state index contributed by atoms with van der Waals surface area (Å²) in [5, 5.41) is 15.5. The molecule has 0 spiro atoms. The minimum absolute atomic E-state index is 0.0283. The van der Waals surface area contributed by atoms with Crippen LogP contribution in [0.2, 0.25) is 0 Å². The molecule has 2 heterocycles. The summed E-state index contributed by atoms with van der Waals surface area (Å²) in [6, 6.07) is 0. The van der Waals surface area contributed by atoms with Gasteiger partial charge in [0.15, 0.2) is 5.82 Å². The molecule has 7 heteroatoms. The number of carbonyl (C=O) groups is 1. The van der Waals surface area contributed by atoms with E-state index in [1.54, 1.807) is 6.92 Å². The monoisotopic (exact) mass is 268 g/mol. The van der Waals surface area contributed by atoms with Crippen molar-refractivity contribution in [1.29, 1.82) is 0 Å². The number of carboxylic acid groups (broad SMARTS) is 1. The average Bonchev–Trinajstić information content (AvgIpc) is 2.75. The number of likely N-dealkylation sites (tertiary alicyclic amines) is 1. The van der Waals surface area contributed by atoms with Gasteiger partial charge in [-0.1, -0.05) is 5.16 Å². The van der Waals surface area contributed by atoms with Crippen LogP contribution in [-0.2, 0) is 11.3 Å². The van der Waals surface area contributed by atoms with Gasteiger partial charge in [0.25, 0.3) is 0 Å². The summed E-state index contributed by atoms with van der Waals surface area (Å²) >= 11 is 0. The third-order valence-electron chi connectivity index (χ3n) is 3.25. The molecule has 0 aromatic carbocycles. The Morgan fingerprint density at radius 1 is 1.63 bits per heavy atom. The smallest absolute Gasteiger partial charge is 0.317 e. The van der Waals surface area contributed by atoms with Gasteiger partial charge in [0.05, 0.1) is 13.1 Å². The summed E-state index contributed by atoms with van der Waals surface area (Å²) < 4.78 is 4.96. The highest BCUT2D eigenvalue weighted by Gasteiger charge is 2.21. The summed E-state index contributed by atoms with van der Waals surface area (Å²) in [6.45, 7) is 5.23. The maximum atomic E-state index is 10.4. The van der Waals surface area contributed by atoms with Crippen molar-refractivity contribution in [1.82, 2.24) is 20.4 Å². The molecule has 0 radical (unpaired) electrons. The Kier molecular flexibility index (Phi) is 4.86. The molecular formula is C12H20N4O3. The fraction of sp³-hybridized carbons (Fsp3) is 0.750. The SMILES string of the molecule is Cc1nc(CN2CCCC(CNCC(=O)O)C2)no1. The highest BCUT2D eigenvalue weighted by molar-refractivity contribution is 5.68. The van der Waals surface area contributed by atoms with Crippen LogP contribution >= 0.6 is 0 Å². The molecule has 1 saturated heterocycles. The number of nitrogens with zero attached hydrogens (tertiary/aromatic N) is 3. The van der Waals surface area contributed by atoms with E-state index >= 15 is 0 Å². The lowest BCUT2D eigenvalue weighted by molar-refractivity contribution is -0.136.